The minimum absolute atomic E-state index is 0. The topological polar surface area (TPSA) is 49.8 Å². The average Bonchev–Trinajstić information content (AvgIpc) is 1.68. The van der Waals surface area contributed by atoms with Gasteiger partial charge in [-0.05, 0) is 6.42 Å². The maximum absolute atomic E-state index is 8.09. The lowest BCUT2D eigenvalue weighted by molar-refractivity contribution is 0.713. The summed E-state index contributed by atoms with van der Waals surface area (Å²) in [5, 5.41) is 8.09. The van der Waals surface area contributed by atoms with Crippen LogP contribution in [0.3, 0.4) is 0 Å². The van der Waals surface area contributed by atoms with Gasteiger partial charge in [0.2, 0.25) is 0 Å². The minimum Gasteiger partial charge on any atom is -0.316 e. The third-order valence-electron chi connectivity index (χ3n) is 0.766. The van der Waals surface area contributed by atoms with Crippen LogP contribution in [0.15, 0.2) is 0 Å². The normalized spacial score (nSPS) is 11.1. The number of nitrogens with two attached hydrogens (primary N) is 1. The molecule has 2 nitrogen and oxygen atoms in total. The van der Waals surface area contributed by atoms with Crippen LogP contribution in [-0.4, -0.2) is 6.04 Å². The summed E-state index contributed by atoms with van der Waals surface area (Å²) in [4.78, 5) is 0. The van der Waals surface area contributed by atoms with Gasteiger partial charge < -0.3 is 5.73 Å². The summed E-state index contributed by atoms with van der Waals surface area (Å²) in [6.07, 6.45) is 1.81. The number of rotatable bonds is 2. The van der Waals surface area contributed by atoms with Crippen LogP contribution in [0.4, 0.5) is 0 Å². The highest BCUT2D eigenvalue weighted by atomic mass is 35.5. The SMILES string of the molecule is CCC[C@H](N)C#N.Cl. The summed E-state index contributed by atoms with van der Waals surface area (Å²) in [6, 6.07) is 1.70. The number of nitrogens with zero attached hydrogens (tertiary/aromatic N) is 1. The van der Waals surface area contributed by atoms with Gasteiger partial charge in [0.05, 0.1) is 12.1 Å². The second-order valence-electron chi connectivity index (χ2n) is 1.52. The predicted molar refractivity (Wildman–Crippen MR) is 35.7 cm³/mol. The van der Waals surface area contributed by atoms with Crippen LogP contribution in [0.1, 0.15) is 19.8 Å². The van der Waals surface area contributed by atoms with E-state index in [0.29, 0.717) is 0 Å². The summed E-state index contributed by atoms with van der Waals surface area (Å²) < 4.78 is 0. The Morgan fingerprint density at radius 3 is 2.38 bits per heavy atom. The largest absolute Gasteiger partial charge is 0.316 e. The second kappa shape index (κ2) is 6.74. The molecule has 3 heteroatoms. The smallest absolute Gasteiger partial charge is 0.0927 e. The molecule has 0 aromatic rings. The molecule has 0 unspecified atom stereocenters. The van der Waals surface area contributed by atoms with Gasteiger partial charge in [0.15, 0.2) is 0 Å². The molecule has 8 heavy (non-hydrogen) atoms. The maximum Gasteiger partial charge on any atom is 0.0927 e. The zero-order valence-electron chi connectivity index (χ0n) is 4.92. The first-order valence-corrected chi connectivity index (χ1v) is 2.46. The molecule has 0 spiro atoms. The van der Waals surface area contributed by atoms with Gasteiger partial charge in [0.25, 0.3) is 0 Å². The van der Waals surface area contributed by atoms with Crippen LogP contribution in [0.5, 0.6) is 0 Å². The van der Waals surface area contributed by atoms with Crippen LogP contribution < -0.4 is 5.73 Å². The van der Waals surface area contributed by atoms with E-state index in [2.05, 4.69) is 0 Å². The average molecular weight is 135 g/mol. The Bertz CT molecular complexity index is 77.0. The lowest BCUT2D eigenvalue weighted by Crippen LogP contribution is -2.15. The zero-order chi connectivity index (χ0) is 5.70. The Kier molecular flexibility index (Phi) is 8.99. The molecule has 0 heterocycles. The van der Waals surface area contributed by atoms with Crippen molar-refractivity contribution in [2.24, 2.45) is 5.73 Å². The summed E-state index contributed by atoms with van der Waals surface area (Å²) in [5.41, 5.74) is 5.22. The van der Waals surface area contributed by atoms with Crippen LogP contribution in [0, 0.1) is 11.3 Å². The van der Waals surface area contributed by atoms with E-state index in [9.17, 15) is 0 Å². The predicted octanol–water partition coefficient (Wildman–Crippen LogP) is 1.06. The first-order valence-electron chi connectivity index (χ1n) is 2.46. The van der Waals surface area contributed by atoms with Gasteiger partial charge in [-0.15, -0.1) is 12.4 Å². The van der Waals surface area contributed by atoms with Crippen molar-refractivity contribution in [3.8, 4) is 6.07 Å². The van der Waals surface area contributed by atoms with Crippen molar-refractivity contribution in [3.05, 3.63) is 0 Å². The van der Waals surface area contributed by atoms with Crippen molar-refractivity contribution in [3.63, 3.8) is 0 Å². The standard InChI is InChI=1S/C5H10N2.ClH/c1-2-3-5(7)4-6;/h5H,2-3,7H2,1H3;1H/t5-;/m0./s1. The fraction of sp³-hybridized carbons (Fsp3) is 0.800. The van der Waals surface area contributed by atoms with Crippen LogP contribution in [0.2, 0.25) is 0 Å². The Morgan fingerprint density at radius 1 is 1.75 bits per heavy atom. The molecule has 0 aromatic carbocycles. The maximum atomic E-state index is 8.09. The van der Waals surface area contributed by atoms with Crippen molar-refractivity contribution in [2.75, 3.05) is 0 Å². The molecule has 0 saturated carbocycles. The van der Waals surface area contributed by atoms with Crippen molar-refractivity contribution in [1.82, 2.24) is 0 Å². The van der Waals surface area contributed by atoms with Gasteiger partial charge in [0.1, 0.15) is 0 Å². The van der Waals surface area contributed by atoms with Gasteiger partial charge in [-0.2, -0.15) is 5.26 Å². The Labute approximate surface area is 56.1 Å². The number of halogens is 1. The molecule has 0 radical (unpaired) electrons. The fourth-order valence-electron chi connectivity index (χ4n) is 0.376. The van der Waals surface area contributed by atoms with E-state index in [1.54, 1.807) is 0 Å². The summed E-state index contributed by atoms with van der Waals surface area (Å²) >= 11 is 0. The van der Waals surface area contributed by atoms with E-state index in [-0.39, 0.29) is 18.4 Å². The van der Waals surface area contributed by atoms with Crippen molar-refractivity contribution >= 4 is 12.4 Å². The number of hydrogen-bond acceptors (Lipinski definition) is 2. The lowest BCUT2D eigenvalue weighted by atomic mass is 10.2. The van der Waals surface area contributed by atoms with Crippen molar-refractivity contribution in [2.45, 2.75) is 25.8 Å². The van der Waals surface area contributed by atoms with E-state index in [1.165, 1.54) is 0 Å². The number of hydrogen-bond donors (Lipinski definition) is 1. The second-order valence-corrected chi connectivity index (χ2v) is 1.52. The van der Waals surface area contributed by atoms with E-state index in [1.807, 2.05) is 13.0 Å². The van der Waals surface area contributed by atoms with Gasteiger partial charge in [-0.25, -0.2) is 0 Å². The van der Waals surface area contributed by atoms with Crippen LogP contribution in [0.25, 0.3) is 0 Å². The molecule has 0 bridgehead atoms. The molecule has 2 N–H and O–H groups in total. The third-order valence-corrected chi connectivity index (χ3v) is 0.766. The molecule has 0 aromatic heterocycles. The molecule has 0 rings (SSSR count). The molecule has 0 saturated heterocycles. The summed E-state index contributed by atoms with van der Waals surface area (Å²) in [6.45, 7) is 2.01. The molecule has 48 valence electrons. The lowest BCUT2D eigenvalue weighted by Gasteiger charge is -1.93. The van der Waals surface area contributed by atoms with Crippen LogP contribution in [-0.2, 0) is 0 Å². The summed E-state index contributed by atoms with van der Waals surface area (Å²) in [7, 11) is 0. The van der Waals surface area contributed by atoms with E-state index < -0.39 is 0 Å². The number of nitriles is 1. The molecule has 0 aliphatic rings. The van der Waals surface area contributed by atoms with Crippen LogP contribution >= 0.6 is 12.4 Å². The Hall–Kier alpha value is -0.260. The molecule has 0 aliphatic heterocycles. The first-order chi connectivity index (χ1) is 3.31. The van der Waals surface area contributed by atoms with Crippen molar-refractivity contribution in [1.29, 1.82) is 5.26 Å². The van der Waals surface area contributed by atoms with Gasteiger partial charge in [-0.1, -0.05) is 13.3 Å². The first kappa shape index (κ1) is 10.7. The Balaban J connectivity index is 0. The van der Waals surface area contributed by atoms with Gasteiger partial charge >= 0.3 is 0 Å². The molecular formula is C5H11ClN2. The fourth-order valence-corrected chi connectivity index (χ4v) is 0.376. The highest BCUT2D eigenvalue weighted by Gasteiger charge is 1.92. The zero-order valence-corrected chi connectivity index (χ0v) is 5.74. The highest BCUT2D eigenvalue weighted by Crippen LogP contribution is 1.88. The third kappa shape index (κ3) is 5.74. The van der Waals surface area contributed by atoms with E-state index in [4.69, 9.17) is 11.0 Å². The molecule has 0 amide bonds. The molecule has 0 aliphatic carbocycles. The molecule has 0 fully saturated rings. The summed E-state index contributed by atoms with van der Waals surface area (Å²) in [5.74, 6) is 0. The molecular weight excluding hydrogens is 124 g/mol. The monoisotopic (exact) mass is 134 g/mol. The van der Waals surface area contributed by atoms with Crippen molar-refractivity contribution < 1.29 is 0 Å². The van der Waals surface area contributed by atoms with E-state index >= 15 is 0 Å². The van der Waals surface area contributed by atoms with Gasteiger partial charge in [-0.3, -0.25) is 0 Å². The van der Waals surface area contributed by atoms with E-state index in [0.717, 1.165) is 12.8 Å². The van der Waals surface area contributed by atoms with Gasteiger partial charge in [0, 0.05) is 0 Å². The quantitative estimate of drug-likeness (QED) is 0.614. The minimum atomic E-state index is -0.245. The molecule has 1 atom stereocenters. The highest BCUT2D eigenvalue weighted by molar-refractivity contribution is 5.85. The Morgan fingerprint density at radius 2 is 2.25 bits per heavy atom.